The Morgan fingerprint density at radius 3 is 1.90 bits per heavy atom. The minimum absolute atomic E-state index is 0.0255. The van der Waals surface area contributed by atoms with E-state index < -0.39 is 53.8 Å². The van der Waals surface area contributed by atoms with Crippen molar-refractivity contribution in [3.63, 3.8) is 0 Å². The lowest BCUT2D eigenvalue weighted by Gasteiger charge is -2.40. The number of carbonyl (C=O) groups is 2. The van der Waals surface area contributed by atoms with E-state index in [0.29, 0.717) is 11.8 Å². The minimum atomic E-state index is -1.64. The average Bonchev–Trinajstić information content (AvgIpc) is 2.70. The summed E-state index contributed by atoms with van der Waals surface area (Å²) in [6, 6.07) is 0. The van der Waals surface area contributed by atoms with E-state index in [0.717, 1.165) is 0 Å². The molecule has 1 saturated heterocycles. The van der Waals surface area contributed by atoms with Gasteiger partial charge in [0.05, 0.1) is 22.6 Å². The van der Waals surface area contributed by atoms with Gasteiger partial charge in [0, 0.05) is 5.57 Å². The minimum Gasteiger partial charge on any atom is -0.507 e. The Bertz CT molecular complexity index is 921. The summed E-state index contributed by atoms with van der Waals surface area (Å²) >= 11 is 0.645. The van der Waals surface area contributed by atoms with Crippen LogP contribution in [0.25, 0.3) is 0 Å². The van der Waals surface area contributed by atoms with Crippen molar-refractivity contribution < 1.29 is 45.0 Å². The van der Waals surface area contributed by atoms with E-state index in [4.69, 9.17) is 4.74 Å². The quantitative estimate of drug-likeness (QED) is 0.360. The van der Waals surface area contributed by atoms with Crippen LogP contribution < -0.4 is 0 Å². The molecule has 1 heterocycles. The summed E-state index contributed by atoms with van der Waals surface area (Å²) in [7, 11) is 0. The monoisotopic (exact) mass is 426 g/mol. The van der Waals surface area contributed by atoms with Crippen molar-refractivity contribution in [1.29, 1.82) is 0 Å². The molecule has 0 saturated carbocycles. The average molecular weight is 426 g/mol. The van der Waals surface area contributed by atoms with Gasteiger partial charge in [-0.05, 0) is 31.9 Å². The highest BCUT2D eigenvalue weighted by molar-refractivity contribution is 8.04. The zero-order valence-corrected chi connectivity index (χ0v) is 16.7. The smallest absolute Gasteiger partial charge is 0.204 e. The highest BCUT2D eigenvalue weighted by atomic mass is 32.2. The van der Waals surface area contributed by atoms with Crippen molar-refractivity contribution in [1.82, 2.24) is 0 Å². The van der Waals surface area contributed by atoms with E-state index in [-0.39, 0.29) is 38.5 Å². The van der Waals surface area contributed by atoms with Crippen LogP contribution in [0.15, 0.2) is 10.5 Å². The number of aliphatic hydroxyl groups is 4. The maximum Gasteiger partial charge on any atom is 0.204 e. The molecule has 0 amide bonds. The van der Waals surface area contributed by atoms with E-state index in [2.05, 4.69) is 0 Å². The van der Waals surface area contributed by atoms with Crippen molar-refractivity contribution in [2.45, 2.75) is 50.6 Å². The number of phenols is 2. The number of Topliss-reactive ketones (excluding diaryl/α,β-unsaturated/α-hetero) is 2. The maximum absolute atomic E-state index is 13.1. The predicted molar refractivity (Wildman–Crippen MR) is 102 cm³/mol. The van der Waals surface area contributed by atoms with Crippen LogP contribution in [-0.4, -0.2) is 78.7 Å². The highest BCUT2D eigenvalue weighted by Gasteiger charge is 2.46. The summed E-state index contributed by atoms with van der Waals surface area (Å²) in [6.07, 6.45) is -5.97. The van der Waals surface area contributed by atoms with E-state index in [9.17, 15) is 40.2 Å². The molecule has 10 heteroatoms. The molecule has 0 unspecified atom stereocenters. The van der Waals surface area contributed by atoms with Crippen LogP contribution >= 0.6 is 11.8 Å². The van der Waals surface area contributed by atoms with Gasteiger partial charge >= 0.3 is 0 Å². The van der Waals surface area contributed by atoms with Gasteiger partial charge in [0.1, 0.15) is 41.4 Å². The SMILES string of the molecule is CC1=C(S[C@H]2O[C@@H](CO)[C@H](O)[C@@H](O)[C@@H]2O)C(=O)c2c(O)c(C)c(C)c(O)c2C1=O. The van der Waals surface area contributed by atoms with Gasteiger partial charge in [-0.2, -0.15) is 0 Å². The molecular weight excluding hydrogens is 404 g/mol. The summed E-state index contributed by atoms with van der Waals surface area (Å²) in [5.41, 5.74) is -1.39. The fourth-order valence-electron chi connectivity index (χ4n) is 3.41. The van der Waals surface area contributed by atoms with E-state index >= 15 is 0 Å². The van der Waals surface area contributed by atoms with Crippen LogP contribution in [0.1, 0.15) is 38.8 Å². The zero-order chi connectivity index (χ0) is 21.8. The fraction of sp³-hybridized carbons (Fsp3) is 0.474. The van der Waals surface area contributed by atoms with Gasteiger partial charge in [-0.15, -0.1) is 0 Å². The molecule has 1 aliphatic carbocycles. The van der Waals surface area contributed by atoms with Gasteiger partial charge < -0.3 is 35.4 Å². The summed E-state index contributed by atoms with van der Waals surface area (Å²) in [5, 5.41) is 60.2. The Morgan fingerprint density at radius 2 is 1.38 bits per heavy atom. The van der Waals surface area contributed by atoms with Crippen molar-refractivity contribution in [2.75, 3.05) is 6.61 Å². The number of carbonyl (C=O) groups excluding carboxylic acids is 2. The first-order chi connectivity index (χ1) is 13.5. The van der Waals surface area contributed by atoms with Gasteiger partial charge in [0.25, 0.3) is 0 Å². The summed E-state index contributed by atoms with van der Waals surface area (Å²) in [6.45, 7) is 3.74. The Labute approximate surface area is 170 Å². The standard InChI is InChI=1S/C19H22O9S/c1-5-6(2)12(22)10-9(11(5)21)13(23)7(3)18(15(10)25)29-19-17(27)16(26)14(24)8(4-20)28-19/h8,14,16-17,19-22,24,26-27H,4H2,1-3H3/t8-,14-,16+,17-,19+/m0/s1. The number of thioether (sulfide) groups is 1. The number of aliphatic hydroxyl groups excluding tert-OH is 4. The van der Waals surface area contributed by atoms with Gasteiger partial charge in [-0.1, -0.05) is 11.8 Å². The molecule has 9 nitrogen and oxygen atoms in total. The van der Waals surface area contributed by atoms with E-state index in [1.54, 1.807) is 0 Å². The van der Waals surface area contributed by atoms with Gasteiger partial charge in [-0.3, -0.25) is 9.59 Å². The number of allylic oxidation sites excluding steroid dienone is 2. The van der Waals surface area contributed by atoms with Crippen molar-refractivity contribution in [2.24, 2.45) is 0 Å². The number of phenolic OH excluding ortho intramolecular Hbond substituents is 2. The van der Waals surface area contributed by atoms with Crippen LogP contribution in [0.5, 0.6) is 11.5 Å². The Balaban J connectivity index is 2.04. The topological polar surface area (TPSA) is 165 Å². The lowest BCUT2D eigenvalue weighted by molar-refractivity contribution is -0.205. The van der Waals surface area contributed by atoms with Crippen molar-refractivity contribution in [3.8, 4) is 11.5 Å². The predicted octanol–water partition coefficient (Wildman–Crippen LogP) is -0.0993. The normalized spacial score (nSPS) is 30.0. The molecule has 29 heavy (non-hydrogen) atoms. The van der Waals surface area contributed by atoms with Gasteiger partial charge in [-0.25, -0.2) is 0 Å². The van der Waals surface area contributed by atoms with E-state index in [1.165, 1.54) is 20.8 Å². The molecule has 2 aliphatic rings. The molecule has 0 spiro atoms. The van der Waals surface area contributed by atoms with E-state index in [1.807, 2.05) is 0 Å². The number of ether oxygens (including phenoxy) is 1. The first-order valence-corrected chi connectivity index (χ1v) is 9.73. The number of hydrogen-bond donors (Lipinski definition) is 6. The maximum atomic E-state index is 13.1. The van der Waals surface area contributed by atoms with Crippen LogP contribution in [-0.2, 0) is 4.74 Å². The fourth-order valence-corrected chi connectivity index (χ4v) is 4.62. The number of hydrogen-bond acceptors (Lipinski definition) is 10. The largest absolute Gasteiger partial charge is 0.507 e. The molecule has 6 N–H and O–H groups in total. The summed E-state index contributed by atoms with van der Waals surface area (Å²) in [5.74, 6) is -2.21. The van der Waals surface area contributed by atoms with Crippen molar-refractivity contribution >= 4 is 23.3 Å². The first kappa shape index (κ1) is 21.8. The van der Waals surface area contributed by atoms with Crippen LogP contribution in [0.3, 0.4) is 0 Å². The number of fused-ring (bicyclic) bond motifs is 1. The second-order valence-corrected chi connectivity index (χ2v) is 8.23. The molecule has 1 aliphatic heterocycles. The molecule has 5 atom stereocenters. The third kappa shape index (κ3) is 3.25. The molecule has 0 aromatic heterocycles. The Hall–Kier alpha value is -1.95. The van der Waals surface area contributed by atoms with Gasteiger partial charge in [0.2, 0.25) is 5.78 Å². The summed E-state index contributed by atoms with van der Waals surface area (Å²) < 4.78 is 5.39. The van der Waals surface area contributed by atoms with Crippen LogP contribution in [0.4, 0.5) is 0 Å². The molecule has 0 bridgehead atoms. The third-order valence-electron chi connectivity index (χ3n) is 5.42. The first-order valence-electron chi connectivity index (χ1n) is 8.85. The number of aromatic hydroxyl groups is 2. The molecule has 1 aromatic rings. The number of ketones is 2. The zero-order valence-electron chi connectivity index (χ0n) is 15.9. The second kappa shape index (κ2) is 7.71. The van der Waals surface area contributed by atoms with Crippen LogP contribution in [0, 0.1) is 13.8 Å². The Morgan fingerprint density at radius 1 is 0.862 bits per heavy atom. The Kier molecular flexibility index (Phi) is 5.78. The van der Waals surface area contributed by atoms with Crippen molar-refractivity contribution in [3.05, 3.63) is 32.7 Å². The molecule has 1 aromatic carbocycles. The molecule has 0 radical (unpaired) electrons. The van der Waals surface area contributed by atoms with Gasteiger partial charge in [0.15, 0.2) is 5.78 Å². The lowest BCUT2D eigenvalue weighted by atomic mass is 9.85. The molecule has 3 rings (SSSR count). The highest BCUT2D eigenvalue weighted by Crippen LogP contribution is 2.45. The molecule has 158 valence electrons. The summed E-state index contributed by atoms with van der Waals surface area (Å²) in [4.78, 5) is 25.8. The molecule has 1 fully saturated rings. The third-order valence-corrected chi connectivity index (χ3v) is 6.77. The second-order valence-electron chi connectivity index (χ2n) is 7.12. The number of rotatable bonds is 3. The number of benzene rings is 1. The molecular formula is C19H22O9S. The van der Waals surface area contributed by atoms with Crippen LogP contribution in [0.2, 0.25) is 0 Å². The lowest BCUT2D eigenvalue weighted by Crippen LogP contribution is -2.57.